The van der Waals surface area contributed by atoms with Gasteiger partial charge in [0.15, 0.2) is 5.78 Å². The summed E-state index contributed by atoms with van der Waals surface area (Å²) in [7, 11) is 0. The molecule has 1 amide bonds. The van der Waals surface area contributed by atoms with Gasteiger partial charge in [0.25, 0.3) is 0 Å². The Bertz CT molecular complexity index is 510. The zero-order valence-corrected chi connectivity index (χ0v) is 13.6. The largest absolute Gasteiger partial charge is 0.379 e. The summed E-state index contributed by atoms with van der Waals surface area (Å²) in [6.07, 6.45) is 0.428. The van der Waals surface area contributed by atoms with Crippen molar-refractivity contribution in [3.05, 3.63) is 29.8 Å². The summed E-state index contributed by atoms with van der Waals surface area (Å²) in [6, 6.07) is 6.94. The minimum atomic E-state index is -0.0283. The van der Waals surface area contributed by atoms with Crippen molar-refractivity contribution in [2.24, 2.45) is 0 Å². The first-order valence-corrected chi connectivity index (χ1v) is 8.07. The van der Waals surface area contributed by atoms with E-state index in [1.54, 1.807) is 24.3 Å². The van der Waals surface area contributed by atoms with Crippen LogP contribution in [0.4, 0.5) is 5.69 Å². The molecular weight excluding hydrogens is 294 g/mol. The smallest absolute Gasteiger partial charge is 0.225 e. The van der Waals surface area contributed by atoms with E-state index in [0.29, 0.717) is 24.2 Å². The molecule has 1 aromatic carbocycles. The average Bonchev–Trinajstić information content (AvgIpc) is 2.56. The molecule has 6 heteroatoms. The average molecular weight is 319 g/mol. The van der Waals surface area contributed by atoms with E-state index in [0.717, 1.165) is 39.4 Å². The molecule has 0 aromatic heterocycles. The molecule has 23 heavy (non-hydrogen) atoms. The number of ether oxygens (including phenoxy) is 1. The predicted molar refractivity (Wildman–Crippen MR) is 89.8 cm³/mol. The van der Waals surface area contributed by atoms with Crippen molar-refractivity contribution in [3.8, 4) is 0 Å². The minimum Gasteiger partial charge on any atom is -0.379 e. The number of ketones is 1. The molecule has 0 unspecified atom stereocenters. The Morgan fingerprint density at radius 2 is 1.83 bits per heavy atom. The molecular formula is C17H25N3O3. The Labute approximate surface area is 137 Å². The Morgan fingerprint density at radius 1 is 1.13 bits per heavy atom. The number of Topliss-reactive ketones (excluding diaryl/α,β-unsaturated/α-hetero) is 1. The van der Waals surface area contributed by atoms with Gasteiger partial charge < -0.3 is 15.4 Å². The molecule has 126 valence electrons. The van der Waals surface area contributed by atoms with Crippen molar-refractivity contribution in [2.45, 2.75) is 13.3 Å². The van der Waals surface area contributed by atoms with Gasteiger partial charge in [-0.05, 0) is 31.2 Å². The first-order valence-electron chi connectivity index (χ1n) is 8.07. The molecule has 1 heterocycles. The SMILES string of the molecule is CC(=O)c1ccc(NC(=O)CCNCCN2CCOCC2)cc1. The van der Waals surface area contributed by atoms with Crippen LogP contribution in [0.15, 0.2) is 24.3 Å². The highest BCUT2D eigenvalue weighted by atomic mass is 16.5. The standard InChI is InChI=1S/C17H25N3O3/c1-14(21)15-2-4-16(5-3-15)19-17(22)6-7-18-8-9-20-10-12-23-13-11-20/h2-5,18H,6-13H2,1H3,(H,19,22). The molecule has 0 saturated carbocycles. The third kappa shape index (κ3) is 6.48. The Kier molecular flexibility index (Phi) is 7.19. The quantitative estimate of drug-likeness (QED) is 0.555. The summed E-state index contributed by atoms with van der Waals surface area (Å²) in [5.74, 6) is -0.00760. The highest BCUT2D eigenvalue weighted by Gasteiger charge is 2.09. The summed E-state index contributed by atoms with van der Waals surface area (Å²) < 4.78 is 5.30. The number of nitrogens with zero attached hydrogens (tertiary/aromatic N) is 1. The summed E-state index contributed by atoms with van der Waals surface area (Å²) in [5.41, 5.74) is 1.36. The Morgan fingerprint density at radius 3 is 2.48 bits per heavy atom. The fourth-order valence-electron chi connectivity index (χ4n) is 2.40. The zero-order valence-electron chi connectivity index (χ0n) is 13.6. The van der Waals surface area contributed by atoms with Gasteiger partial charge in [0.2, 0.25) is 5.91 Å². The van der Waals surface area contributed by atoms with Crippen molar-refractivity contribution in [3.63, 3.8) is 0 Å². The first-order chi connectivity index (χ1) is 11.1. The molecule has 1 fully saturated rings. The summed E-state index contributed by atoms with van der Waals surface area (Å²) in [4.78, 5) is 25.4. The monoisotopic (exact) mass is 319 g/mol. The number of amides is 1. The van der Waals surface area contributed by atoms with E-state index in [-0.39, 0.29) is 11.7 Å². The summed E-state index contributed by atoms with van der Waals surface area (Å²) >= 11 is 0. The van der Waals surface area contributed by atoms with E-state index < -0.39 is 0 Å². The van der Waals surface area contributed by atoms with Crippen LogP contribution in [0, 0.1) is 0 Å². The Hall–Kier alpha value is -1.76. The molecule has 0 radical (unpaired) electrons. The molecule has 0 atom stereocenters. The van der Waals surface area contributed by atoms with Gasteiger partial charge in [-0.15, -0.1) is 0 Å². The number of carbonyl (C=O) groups excluding carboxylic acids is 2. The predicted octanol–water partition coefficient (Wildman–Crippen LogP) is 1.14. The van der Waals surface area contributed by atoms with Gasteiger partial charge in [-0.25, -0.2) is 0 Å². The van der Waals surface area contributed by atoms with Gasteiger partial charge >= 0.3 is 0 Å². The van der Waals surface area contributed by atoms with E-state index >= 15 is 0 Å². The number of nitrogens with one attached hydrogen (secondary N) is 2. The van der Waals surface area contributed by atoms with Gasteiger partial charge in [0.05, 0.1) is 13.2 Å². The van der Waals surface area contributed by atoms with Gasteiger partial charge in [-0.2, -0.15) is 0 Å². The van der Waals surface area contributed by atoms with Crippen LogP contribution in [0.25, 0.3) is 0 Å². The lowest BCUT2D eigenvalue weighted by molar-refractivity contribution is -0.116. The van der Waals surface area contributed by atoms with Crippen molar-refractivity contribution in [1.82, 2.24) is 10.2 Å². The summed E-state index contributed by atoms with van der Waals surface area (Å²) in [5, 5.41) is 6.12. The third-order valence-electron chi connectivity index (χ3n) is 3.81. The van der Waals surface area contributed by atoms with Crippen molar-refractivity contribution in [1.29, 1.82) is 0 Å². The zero-order chi connectivity index (χ0) is 16.5. The first kappa shape index (κ1) is 17.6. The lowest BCUT2D eigenvalue weighted by atomic mass is 10.1. The highest BCUT2D eigenvalue weighted by molar-refractivity contribution is 5.95. The molecule has 2 N–H and O–H groups in total. The maximum atomic E-state index is 11.9. The van der Waals surface area contributed by atoms with Crippen LogP contribution >= 0.6 is 0 Å². The summed E-state index contributed by atoms with van der Waals surface area (Å²) in [6.45, 7) is 7.63. The van der Waals surface area contributed by atoms with Crippen LogP contribution in [0.2, 0.25) is 0 Å². The fourth-order valence-corrected chi connectivity index (χ4v) is 2.40. The van der Waals surface area contributed by atoms with Gasteiger partial charge in [0, 0.05) is 50.4 Å². The lowest BCUT2D eigenvalue weighted by Crippen LogP contribution is -2.40. The number of morpholine rings is 1. The number of hydrogen-bond acceptors (Lipinski definition) is 5. The lowest BCUT2D eigenvalue weighted by Gasteiger charge is -2.26. The third-order valence-corrected chi connectivity index (χ3v) is 3.81. The fraction of sp³-hybridized carbons (Fsp3) is 0.529. The van der Waals surface area contributed by atoms with Crippen molar-refractivity contribution >= 4 is 17.4 Å². The van der Waals surface area contributed by atoms with Crippen LogP contribution in [0.5, 0.6) is 0 Å². The maximum Gasteiger partial charge on any atom is 0.225 e. The van der Waals surface area contributed by atoms with Crippen LogP contribution in [0.1, 0.15) is 23.7 Å². The Balaban J connectivity index is 1.58. The molecule has 1 aromatic rings. The molecule has 0 spiro atoms. The van der Waals surface area contributed by atoms with Crippen LogP contribution in [0.3, 0.4) is 0 Å². The molecule has 0 bridgehead atoms. The second kappa shape index (κ2) is 9.39. The second-order valence-corrected chi connectivity index (χ2v) is 5.64. The van der Waals surface area contributed by atoms with Crippen molar-refractivity contribution in [2.75, 3.05) is 51.3 Å². The van der Waals surface area contributed by atoms with E-state index in [9.17, 15) is 9.59 Å². The maximum absolute atomic E-state index is 11.9. The molecule has 1 aliphatic rings. The number of hydrogen-bond donors (Lipinski definition) is 2. The number of rotatable bonds is 8. The molecule has 1 saturated heterocycles. The number of anilines is 1. The van der Waals surface area contributed by atoms with E-state index in [1.807, 2.05) is 0 Å². The van der Waals surface area contributed by atoms with E-state index in [2.05, 4.69) is 15.5 Å². The molecule has 2 rings (SSSR count). The number of carbonyl (C=O) groups is 2. The van der Waals surface area contributed by atoms with Gasteiger partial charge in [-0.1, -0.05) is 0 Å². The second-order valence-electron chi connectivity index (χ2n) is 5.64. The molecule has 0 aliphatic carbocycles. The minimum absolute atomic E-state index is 0.0207. The van der Waals surface area contributed by atoms with Crippen LogP contribution < -0.4 is 10.6 Å². The topological polar surface area (TPSA) is 70.7 Å². The normalized spacial score (nSPS) is 15.3. The van der Waals surface area contributed by atoms with Crippen LogP contribution in [-0.4, -0.2) is 62.5 Å². The molecule has 6 nitrogen and oxygen atoms in total. The van der Waals surface area contributed by atoms with Crippen LogP contribution in [-0.2, 0) is 9.53 Å². The van der Waals surface area contributed by atoms with E-state index in [1.165, 1.54) is 6.92 Å². The van der Waals surface area contributed by atoms with E-state index in [4.69, 9.17) is 4.74 Å². The van der Waals surface area contributed by atoms with Gasteiger partial charge in [0.1, 0.15) is 0 Å². The van der Waals surface area contributed by atoms with Gasteiger partial charge in [-0.3, -0.25) is 14.5 Å². The highest BCUT2D eigenvalue weighted by Crippen LogP contribution is 2.10. The number of benzene rings is 1. The van der Waals surface area contributed by atoms with Crippen molar-refractivity contribution < 1.29 is 14.3 Å². The molecule has 1 aliphatic heterocycles.